The molecular weight excluding hydrogens is 344 g/mol. The highest BCUT2D eigenvalue weighted by atomic mass is 35.5. The van der Waals surface area contributed by atoms with Crippen LogP contribution in [0.2, 0.25) is 5.02 Å². The van der Waals surface area contributed by atoms with Gasteiger partial charge in [-0.2, -0.15) is 4.99 Å². The van der Waals surface area contributed by atoms with Gasteiger partial charge in [-0.15, -0.1) is 11.3 Å². The first-order valence-electron chi connectivity index (χ1n) is 7.89. The van der Waals surface area contributed by atoms with E-state index in [1.54, 1.807) is 29.5 Å². The van der Waals surface area contributed by atoms with Crippen molar-refractivity contribution in [3.05, 3.63) is 44.7 Å². The lowest BCUT2D eigenvalue weighted by atomic mass is 9.95. The molecule has 0 spiro atoms. The van der Waals surface area contributed by atoms with Crippen molar-refractivity contribution in [2.45, 2.75) is 46.1 Å². The molecule has 0 aliphatic rings. The molecule has 1 aromatic heterocycles. The predicted molar refractivity (Wildman–Crippen MR) is 99.2 cm³/mol. The molecule has 0 unspecified atom stereocenters. The molecule has 0 N–H and O–H groups in total. The van der Waals surface area contributed by atoms with Gasteiger partial charge >= 0.3 is 0 Å². The van der Waals surface area contributed by atoms with Crippen molar-refractivity contribution in [2.75, 3.05) is 7.11 Å². The van der Waals surface area contributed by atoms with Crippen molar-refractivity contribution < 1.29 is 9.53 Å². The van der Waals surface area contributed by atoms with Gasteiger partial charge in [-0.05, 0) is 30.0 Å². The average Bonchev–Trinajstić information content (AvgIpc) is 2.90. The highest BCUT2D eigenvalue weighted by Crippen LogP contribution is 2.25. The summed E-state index contributed by atoms with van der Waals surface area (Å²) < 4.78 is 7.30. The van der Waals surface area contributed by atoms with E-state index in [9.17, 15) is 4.79 Å². The van der Waals surface area contributed by atoms with E-state index in [1.807, 2.05) is 4.57 Å². The monoisotopic (exact) mass is 366 g/mol. The molecule has 0 atom stereocenters. The fourth-order valence-corrected chi connectivity index (χ4v) is 3.45. The lowest BCUT2D eigenvalue weighted by Gasteiger charge is -2.14. The maximum atomic E-state index is 12.6. The Morgan fingerprint density at radius 2 is 2.08 bits per heavy atom. The third-order valence-electron chi connectivity index (χ3n) is 3.51. The first-order chi connectivity index (χ1) is 11.3. The zero-order valence-electron chi connectivity index (χ0n) is 14.7. The summed E-state index contributed by atoms with van der Waals surface area (Å²) >= 11 is 7.56. The van der Waals surface area contributed by atoms with Gasteiger partial charge in [0.1, 0.15) is 5.75 Å². The van der Waals surface area contributed by atoms with Crippen LogP contribution in [0.15, 0.2) is 29.4 Å². The molecule has 0 aliphatic heterocycles. The molecule has 0 saturated heterocycles. The standard InChI is InChI=1S/C18H23ClN2O2S/c1-6-9-21-11-15(18(2,3)4)24-17(21)20-16(22)13-10-12(19)7-8-14(13)23-5/h7-8,10-11H,6,9H2,1-5H3/b20-17-. The smallest absolute Gasteiger partial charge is 0.283 e. The summed E-state index contributed by atoms with van der Waals surface area (Å²) in [6.45, 7) is 9.39. The fourth-order valence-electron chi connectivity index (χ4n) is 2.21. The number of aromatic nitrogens is 1. The third-order valence-corrected chi connectivity index (χ3v) is 5.19. The zero-order chi connectivity index (χ0) is 17.9. The van der Waals surface area contributed by atoms with E-state index in [4.69, 9.17) is 16.3 Å². The average molecular weight is 367 g/mol. The normalized spacial score (nSPS) is 12.5. The first-order valence-corrected chi connectivity index (χ1v) is 9.09. The first kappa shape index (κ1) is 18.7. The number of hydrogen-bond acceptors (Lipinski definition) is 3. The molecule has 0 bridgehead atoms. The molecule has 0 aliphatic carbocycles. The van der Waals surface area contributed by atoms with Gasteiger partial charge in [-0.25, -0.2) is 0 Å². The second-order valence-corrected chi connectivity index (χ2v) is 8.03. The van der Waals surface area contributed by atoms with Gasteiger partial charge < -0.3 is 9.30 Å². The number of carbonyl (C=O) groups is 1. The Labute approximate surface area is 151 Å². The maximum absolute atomic E-state index is 12.6. The summed E-state index contributed by atoms with van der Waals surface area (Å²) in [4.78, 5) is 18.9. The number of benzene rings is 1. The number of nitrogens with zero attached hydrogens (tertiary/aromatic N) is 2. The molecule has 1 heterocycles. The van der Waals surface area contributed by atoms with E-state index in [2.05, 4.69) is 38.9 Å². The van der Waals surface area contributed by atoms with Crippen LogP contribution < -0.4 is 9.54 Å². The van der Waals surface area contributed by atoms with Crippen molar-refractivity contribution >= 4 is 28.8 Å². The van der Waals surface area contributed by atoms with E-state index in [1.165, 1.54) is 12.0 Å². The summed E-state index contributed by atoms with van der Waals surface area (Å²) in [5, 5.41) is 0.484. The molecule has 0 radical (unpaired) electrons. The van der Waals surface area contributed by atoms with Crippen LogP contribution in [0.1, 0.15) is 49.4 Å². The number of carbonyl (C=O) groups excluding carboxylic acids is 1. The van der Waals surface area contributed by atoms with E-state index >= 15 is 0 Å². The lowest BCUT2D eigenvalue weighted by Crippen LogP contribution is -2.16. The maximum Gasteiger partial charge on any atom is 0.283 e. The van der Waals surface area contributed by atoms with E-state index in [0.717, 1.165) is 13.0 Å². The van der Waals surface area contributed by atoms with Gasteiger partial charge in [0.25, 0.3) is 5.91 Å². The Kier molecular flexibility index (Phi) is 5.88. The van der Waals surface area contributed by atoms with Gasteiger partial charge in [-0.3, -0.25) is 4.79 Å². The van der Waals surface area contributed by atoms with Crippen LogP contribution in [-0.2, 0) is 12.0 Å². The summed E-state index contributed by atoms with van der Waals surface area (Å²) in [7, 11) is 1.53. The van der Waals surface area contributed by atoms with Gasteiger partial charge in [0, 0.05) is 22.6 Å². The molecule has 0 fully saturated rings. The minimum absolute atomic E-state index is 0.0186. The highest BCUT2D eigenvalue weighted by molar-refractivity contribution is 7.09. The molecular formula is C18H23ClN2O2S. The number of amides is 1. The number of hydrogen-bond donors (Lipinski definition) is 0. The van der Waals surface area contributed by atoms with Crippen LogP contribution in [0.5, 0.6) is 5.75 Å². The minimum atomic E-state index is -0.346. The Morgan fingerprint density at radius 3 is 2.67 bits per heavy atom. The third kappa shape index (κ3) is 4.28. The van der Waals surface area contributed by atoms with Gasteiger partial charge in [0.2, 0.25) is 0 Å². The molecule has 1 aromatic carbocycles. The van der Waals surface area contributed by atoms with E-state index < -0.39 is 0 Å². The van der Waals surface area contributed by atoms with Crippen molar-refractivity contribution in [2.24, 2.45) is 4.99 Å². The van der Waals surface area contributed by atoms with Crippen molar-refractivity contribution in [3.63, 3.8) is 0 Å². The van der Waals surface area contributed by atoms with E-state index in [0.29, 0.717) is 21.1 Å². The SMILES string of the molecule is CCCn1cc(C(C)(C)C)s/c1=N\C(=O)c1cc(Cl)ccc1OC. The van der Waals surface area contributed by atoms with Crippen molar-refractivity contribution in [3.8, 4) is 5.75 Å². The predicted octanol–water partition coefficient (Wildman–Crippen LogP) is 4.66. The molecule has 24 heavy (non-hydrogen) atoms. The second-order valence-electron chi connectivity index (χ2n) is 6.58. The van der Waals surface area contributed by atoms with Crippen LogP contribution >= 0.6 is 22.9 Å². The number of aryl methyl sites for hydroxylation is 1. The summed E-state index contributed by atoms with van der Waals surface area (Å²) in [5.74, 6) is 0.129. The summed E-state index contributed by atoms with van der Waals surface area (Å²) in [6.07, 6.45) is 3.07. The lowest BCUT2D eigenvalue weighted by molar-refractivity contribution is 0.0995. The molecule has 0 saturated carbocycles. The number of ether oxygens (including phenoxy) is 1. The number of rotatable bonds is 4. The Bertz CT molecular complexity index is 800. The molecule has 6 heteroatoms. The largest absolute Gasteiger partial charge is 0.496 e. The highest BCUT2D eigenvalue weighted by Gasteiger charge is 2.18. The zero-order valence-corrected chi connectivity index (χ0v) is 16.3. The second kappa shape index (κ2) is 7.53. The van der Waals surface area contributed by atoms with Gasteiger partial charge in [0.05, 0.1) is 12.7 Å². The number of thiazole rings is 1. The molecule has 2 aromatic rings. The van der Waals surface area contributed by atoms with Crippen LogP contribution in [0, 0.1) is 0 Å². The Hall–Kier alpha value is -1.59. The number of halogens is 1. The van der Waals surface area contributed by atoms with Crippen molar-refractivity contribution in [1.29, 1.82) is 0 Å². The topological polar surface area (TPSA) is 43.6 Å². The molecule has 2 rings (SSSR count). The van der Waals surface area contributed by atoms with Gasteiger partial charge in [-0.1, -0.05) is 39.3 Å². The fraction of sp³-hybridized carbons (Fsp3) is 0.444. The van der Waals surface area contributed by atoms with Crippen LogP contribution in [0.4, 0.5) is 0 Å². The van der Waals surface area contributed by atoms with Gasteiger partial charge in [0.15, 0.2) is 4.80 Å². The Morgan fingerprint density at radius 1 is 1.38 bits per heavy atom. The molecule has 130 valence electrons. The molecule has 4 nitrogen and oxygen atoms in total. The summed E-state index contributed by atoms with van der Waals surface area (Å²) in [5.41, 5.74) is 0.392. The minimum Gasteiger partial charge on any atom is -0.496 e. The summed E-state index contributed by atoms with van der Waals surface area (Å²) in [6, 6.07) is 4.96. The van der Waals surface area contributed by atoms with Crippen LogP contribution in [0.25, 0.3) is 0 Å². The van der Waals surface area contributed by atoms with Crippen LogP contribution in [0.3, 0.4) is 0 Å². The number of methoxy groups -OCH3 is 1. The quantitative estimate of drug-likeness (QED) is 0.789. The molecule has 1 amide bonds. The van der Waals surface area contributed by atoms with Crippen molar-refractivity contribution in [1.82, 2.24) is 4.57 Å². The van der Waals surface area contributed by atoms with E-state index in [-0.39, 0.29) is 11.3 Å². The Balaban J connectivity index is 2.52. The van der Waals surface area contributed by atoms with Crippen LogP contribution in [-0.4, -0.2) is 17.6 Å².